The van der Waals surface area contributed by atoms with Gasteiger partial charge in [0.1, 0.15) is 5.75 Å². The predicted octanol–water partition coefficient (Wildman–Crippen LogP) is 7.77. The summed E-state index contributed by atoms with van der Waals surface area (Å²) in [6.45, 7) is 4.25. The summed E-state index contributed by atoms with van der Waals surface area (Å²) in [6, 6.07) is 11.2. The van der Waals surface area contributed by atoms with Gasteiger partial charge < -0.3 is 15.0 Å². The van der Waals surface area contributed by atoms with Crippen LogP contribution in [0.15, 0.2) is 48.7 Å². The van der Waals surface area contributed by atoms with E-state index in [1.807, 2.05) is 24.4 Å². The van der Waals surface area contributed by atoms with E-state index >= 15 is 0 Å². The molecule has 2 aliphatic carbocycles. The van der Waals surface area contributed by atoms with Gasteiger partial charge in [-0.2, -0.15) is 13.2 Å². The fourth-order valence-corrected chi connectivity index (χ4v) is 5.51. The highest BCUT2D eigenvalue weighted by Crippen LogP contribution is 2.49. The maximum Gasteiger partial charge on any atom is 0.416 e. The third-order valence-electron chi connectivity index (χ3n) is 7.65. The third kappa shape index (κ3) is 4.17. The lowest BCUT2D eigenvalue weighted by Crippen LogP contribution is -2.45. The molecular formula is C27H33F3N2O2. The number of H-pyrrole nitrogens is 1. The molecule has 0 aliphatic heterocycles. The summed E-state index contributed by atoms with van der Waals surface area (Å²) in [6.07, 6.45) is 1.73. The van der Waals surface area contributed by atoms with Gasteiger partial charge in [0, 0.05) is 25.4 Å². The number of carbonyl (C=O) groups is 1. The van der Waals surface area contributed by atoms with Crippen molar-refractivity contribution >= 4 is 22.5 Å². The molecule has 1 heterocycles. The fraction of sp³-hybridized carbons (Fsp3) is 0.444. The molecule has 0 radical (unpaired) electrons. The number of hydrogen-bond acceptors (Lipinski definition) is 2. The summed E-state index contributed by atoms with van der Waals surface area (Å²) < 4.78 is 44.5. The van der Waals surface area contributed by atoms with Crippen LogP contribution < -0.4 is 10.1 Å². The van der Waals surface area contributed by atoms with E-state index in [2.05, 4.69) is 24.1 Å². The first-order valence-electron chi connectivity index (χ1n) is 11.9. The number of ether oxygens (including phenoxy) is 1. The van der Waals surface area contributed by atoms with E-state index in [0.717, 1.165) is 72.1 Å². The third-order valence-corrected chi connectivity index (χ3v) is 7.65. The molecule has 4 nitrogen and oxygen atoms in total. The van der Waals surface area contributed by atoms with Gasteiger partial charge in [-0.15, -0.1) is 0 Å². The highest BCUT2D eigenvalue weighted by Gasteiger charge is 2.46. The van der Waals surface area contributed by atoms with Crippen molar-refractivity contribution in [1.29, 1.82) is 0 Å². The maximum absolute atomic E-state index is 13.0. The molecule has 184 valence electrons. The molecule has 0 saturated heterocycles. The lowest BCUT2D eigenvalue weighted by molar-refractivity contribution is -0.137. The number of alkyl halides is 3. The van der Waals surface area contributed by atoms with Gasteiger partial charge in [0.2, 0.25) is 5.91 Å². The minimum absolute atomic E-state index is 0. The Kier molecular flexibility index (Phi) is 5.61. The van der Waals surface area contributed by atoms with Gasteiger partial charge in [0.05, 0.1) is 17.4 Å². The molecule has 0 atom stereocenters. The molecule has 2 fully saturated rings. The van der Waals surface area contributed by atoms with Gasteiger partial charge in [-0.1, -0.05) is 26.0 Å². The zero-order chi connectivity index (χ0) is 24.1. The van der Waals surface area contributed by atoms with Gasteiger partial charge in [0.15, 0.2) is 0 Å². The highest BCUT2D eigenvalue weighted by atomic mass is 19.4. The number of fused-ring (bicyclic) bond motifs is 1. The Morgan fingerprint density at radius 3 is 2.50 bits per heavy atom. The summed E-state index contributed by atoms with van der Waals surface area (Å²) in [5, 5.41) is 4.03. The minimum atomic E-state index is -4.31. The van der Waals surface area contributed by atoms with E-state index < -0.39 is 11.7 Å². The lowest BCUT2D eigenvalue weighted by atomic mass is 9.60. The quantitative estimate of drug-likeness (QED) is 0.383. The van der Waals surface area contributed by atoms with Crippen LogP contribution in [0, 0.1) is 11.3 Å². The molecule has 2 N–H and O–H groups in total. The van der Waals surface area contributed by atoms with E-state index in [9.17, 15) is 18.0 Å². The zero-order valence-electron chi connectivity index (χ0n) is 19.3. The number of rotatable bonds is 6. The number of hydrogen-bond donors (Lipinski definition) is 2. The predicted molar refractivity (Wildman–Crippen MR) is 130 cm³/mol. The maximum atomic E-state index is 13.0. The van der Waals surface area contributed by atoms with Crippen LogP contribution in [0.3, 0.4) is 0 Å². The van der Waals surface area contributed by atoms with Crippen LogP contribution >= 0.6 is 0 Å². The Labute approximate surface area is 199 Å². The van der Waals surface area contributed by atoms with Crippen LogP contribution in [0.1, 0.15) is 65.8 Å². The topological polar surface area (TPSA) is 54.1 Å². The minimum Gasteiger partial charge on any atom is -0.490 e. The molecule has 34 heavy (non-hydrogen) atoms. The summed E-state index contributed by atoms with van der Waals surface area (Å²) >= 11 is 0. The summed E-state index contributed by atoms with van der Waals surface area (Å²) in [5.41, 5.74) is 1.70. The van der Waals surface area contributed by atoms with Crippen molar-refractivity contribution in [3.63, 3.8) is 0 Å². The normalized spacial score (nSPS) is 26.6. The van der Waals surface area contributed by atoms with Gasteiger partial charge in [-0.05, 0) is 79.8 Å². The monoisotopic (exact) mass is 474 g/mol. The average molecular weight is 475 g/mol. The number of halogens is 3. The molecule has 1 aromatic heterocycles. The largest absolute Gasteiger partial charge is 0.490 e. The molecule has 0 bridgehead atoms. The first kappa shape index (κ1) is 22.8. The number of nitrogens with one attached hydrogen (secondary N) is 2. The Balaban J connectivity index is 0.00000180. The van der Waals surface area contributed by atoms with Crippen LogP contribution in [0.25, 0.3) is 10.9 Å². The molecule has 2 aromatic carbocycles. The van der Waals surface area contributed by atoms with Crippen molar-refractivity contribution in [2.75, 3.05) is 5.32 Å². The second kappa shape index (κ2) is 8.36. The van der Waals surface area contributed by atoms with E-state index in [-0.39, 0.29) is 26.2 Å². The van der Waals surface area contributed by atoms with Crippen LogP contribution in [0.2, 0.25) is 0 Å². The number of amides is 1. The van der Waals surface area contributed by atoms with Crippen molar-refractivity contribution in [3.8, 4) is 5.75 Å². The van der Waals surface area contributed by atoms with Crippen LogP contribution in [-0.4, -0.2) is 17.0 Å². The molecule has 0 spiro atoms. The molecular weight excluding hydrogens is 441 g/mol. The first-order chi connectivity index (χ1) is 16.2. The Hall–Kier alpha value is -2.96. The standard InChI is InChI=1S/C27H29F3N2O2.2H2/c1-3-26(13-16(2)14-26)25(33)32-24-15-31-23-9-8-20(12-22(23)24)34-21-10-18(11-21)17-4-6-19(7-5-17)27(28,29)30;;/h4-9,12,15-16,18,21,31H,3,10-11,13-14H2,1-2H3,(H,32,33);2*1H. The SMILES string of the molecule is CCC1(C(=O)Nc2c[nH]c3ccc(OC4CC(c5ccc(C(F)(F)F)cc5)C4)cc23)CC(C)C1.[HH].[HH]. The number of aromatic amines is 1. The summed E-state index contributed by atoms with van der Waals surface area (Å²) in [7, 11) is 0. The Bertz CT molecular complexity index is 1200. The molecule has 3 aromatic rings. The van der Waals surface area contributed by atoms with Gasteiger partial charge in [0.25, 0.3) is 0 Å². The van der Waals surface area contributed by atoms with Crippen molar-refractivity contribution in [1.82, 2.24) is 4.98 Å². The van der Waals surface area contributed by atoms with Gasteiger partial charge in [-0.25, -0.2) is 0 Å². The van der Waals surface area contributed by atoms with E-state index in [4.69, 9.17) is 4.74 Å². The van der Waals surface area contributed by atoms with Crippen molar-refractivity contribution in [2.24, 2.45) is 11.3 Å². The lowest BCUT2D eigenvalue weighted by Gasteiger charge is -2.44. The second-order valence-electron chi connectivity index (χ2n) is 10.0. The molecule has 2 aliphatic rings. The summed E-state index contributed by atoms with van der Waals surface area (Å²) in [4.78, 5) is 16.2. The highest BCUT2D eigenvalue weighted by molar-refractivity contribution is 6.04. The van der Waals surface area contributed by atoms with Crippen LogP contribution in [0.4, 0.5) is 18.9 Å². The number of carbonyl (C=O) groups excluding carboxylic acids is 1. The van der Waals surface area contributed by atoms with Gasteiger partial charge in [-0.3, -0.25) is 4.79 Å². The zero-order valence-corrected chi connectivity index (χ0v) is 19.3. The number of aromatic nitrogens is 1. The van der Waals surface area contributed by atoms with E-state index in [1.165, 1.54) is 0 Å². The second-order valence-corrected chi connectivity index (χ2v) is 10.0. The first-order valence-corrected chi connectivity index (χ1v) is 11.9. The average Bonchev–Trinajstić information content (AvgIpc) is 3.15. The van der Waals surface area contributed by atoms with E-state index in [1.54, 1.807) is 12.1 Å². The Morgan fingerprint density at radius 2 is 1.88 bits per heavy atom. The molecule has 7 heteroatoms. The molecule has 1 amide bonds. The fourth-order valence-electron chi connectivity index (χ4n) is 5.51. The smallest absolute Gasteiger partial charge is 0.416 e. The van der Waals surface area contributed by atoms with Crippen LogP contribution in [-0.2, 0) is 11.0 Å². The molecule has 2 saturated carbocycles. The van der Waals surface area contributed by atoms with Crippen molar-refractivity contribution in [2.45, 2.75) is 64.1 Å². The number of benzene rings is 2. The van der Waals surface area contributed by atoms with E-state index in [0.29, 0.717) is 5.92 Å². The molecule has 5 rings (SSSR count). The Morgan fingerprint density at radius 1 is 1.18 bits per heavy atom. The summed E-state index contributed by atoms with van der Waals surface area (Å²) in [5.74, 6) is 1.59. The molecule has 0 unspecified atom stereocenters. The van der Waals surface area contributed by atoms with Gasteiger partial charge >= 0.3 is 6.18 Å². The van der Waals surface area contributed by atoms with Crippen LogP contribution in [0.5, 0.6) is 5.75 Å². The number of anilines is 1. The van der Waals surface area contributed by atoms with Crippen molar-refractivity contribution < 1.29 is 25.6 Å². The van der Waals surface area contributed by atoms with Crippen molar-refractivity contribution in [3.05, 3.63) is 59.8 Å².